The lowest BCUT2D eigenvalue weighted by Crippen LogP contribution is -2.29. The van der Waals surface area contributed by atoms with Crippen molar-refractivity contribution >= 4 is 5.91 Å². The Morgan fingerprint density at radius 2 is 1.93 bits per heavy atom. The molecule has 1 unspecified atom stereocenters. The van der Waals surface area contributed by atoms with Gasteiger partial charge in [-0.05, 0) is 36.0 Å². The van der Waals surface area contributed by atoms with Crippen LogP contribution in [0.5, 0.6) is 0 Å². The van der Waals surface area contributed by atoms with Gasteiger partial charge in [-0.2, -0.15) is 5.10 Å². The van der Waals surface area contributed by atoms with Crippen LogP contribution < -0.4 is 5.69 Å². The van der Waals surface area contributed by atoms with Crippen LogP contribution in [0.2, 0.25) is 0 Å². The average molecular weight is 406 g/mol. The SMILES string of the molecule is CN(Cc1ccccc1)C(=O)CC1CCc2nn(Cc3cccnc3)c(=O)n2CC1. The third kappa shape index (κ3) is 4.67. The van der Waals surface area contributed by atoms with Crippen molar-refractivity contribution in [2.45, 2.75) is 45.3 Å². The zero-order valence-electron chi connectivity index (χ0n) is 17.3. The van der Waals surface area contributed by atoms with Gasteiger partial charge in [0.15, 0.2) is 0 Å². The van der Waals surface area contributed by atoms with E-state index < -0.39 is 0 Å². The van der Waals surface area contributed by atoms with Crippen molar-refractivity contribution < 1.29 is 4.79 Å². The first-order valence-electron chi connectivity index (χ1n) is 10.4. The van der Waals surface area contributed by atoms with Crippen LogP contribution in [0.15, 0.2) is 59.7 Å². The standard InChI is InChI=1S/C23H27N5O2/c1-26(16-19-6-3-2-4-7-19)22(29)14-18-9-10-21-25-28(23(30)27(21)13-11-18)17-20-8-5-12-24-15-20/h2-8,12,15,18H,9-11,13-14,16-17H2,1H3. The summed E-state index contributed by atoms with van der Waals surface area (Å²) in [5.41, 5.74) is 2.00. The summed E-state index contributed by atoms with van der Waals surface area (Å²) < 4.78 is 3.29. The number of aryl methyl sites for hydroxylation is 1. The van der Waals surface area contributed by atoms with Crippen LogP contribution in [-0.4, -0.2) is 37.2 Å². The summed E-state index contributed by atoms with van der Waals surface area (Å²) in [6.07, 6.45) is 6.39. The van der Waals surface area contributed by atoms with Crippen LogP contribution in [0.3, 0.4) is 0 Å². The minimum absolute atomic E-state index is 0.0815. The van der Waals surface area contributed by atoms with Gasteiger partial charge in [-0.25, -0.2) is 9.48 Å². The summed E-state index contributed by atoms with van der Waals surface area (Å²) in [4.78, 5) is 31.4. The van der Waals surface area contributed by atoms with Gasteiger partial charge in [0.2, 0.25) is 5.91 Å². The van der Waals surface area contributed by atoms with Crippen molar-refractivity contribution in [1.82, 2.24) is 24.2 Å². The molecule has 0 N–H and O–H groups in total. The monoisotopic (exact) mass is 405 g/mol. The maximum Gasteiger partial charge on any atom is 0.346 e. The van der Waals surface area contributed by atoms with Gasteiger partial charge in [-0.3, -0.25) is 14.3 Å². The average Bonchev–Trinajstić information content (AvgIpc) is 2.92. The molecule has 7 heteroatoms. The molecule has 1 aromatic carbocycles. The van der Waals surface area contributed by atoms with Gasteiger partial charge in [-0.1, -0.05) is 36.4 Å². The van der Waals surface area contributed by atoms with Gasteiger partial charge < -0.3 is 4.90 Å². The van der Waals surface area contributed by atoms with Crippen LogP contribution in [-0.2, 0) is 30.8 Å². The molecule has 1 aliphatic rings. The van der Waals surface area contributed by atoms with E-state index >= 15 is 0 Å². The van der Waals surface area contributed by atoms with Crippen LogP contribution in [0.25, 0.3) is 0 Å². The highest BCUT2D eigenvalue weighted by Gasteiger charge is 2.24. The summed E-state index contributed by atoms with van der Waals surface area (Å²) in [6.45, 7) is 1.66. The minimum Gasteiger partial charge on any atom is -0.341 e. The van der Waals surface area contributed by atoms with E-state index in [9.17, 15) is 9.59 Å². The predicted molar refractivity (Wildman–Crippen MR) is 114 cm³/mol. The fourth-order valence-electron chi connectivity index (χ4n) is 4.00. The zero-order valence-corrected chi connectivity index (χ0v) is 17.3. The summed E-state index contributed by atoms with van der Waals surface area (Å²) in [7, 11) is 1.86. The molecule has 156 valence electrons. The predicted octanol–water partition coefficient (Wildman–Crippen LogP) is 2.49. The maximum atomic E-state index is 12.8. The quantitative estimate of drug-likeness (QED) is 0.632. The molecule has 3 heterocycles. The third-order valence-corrected chi connectivity index (χ3v) is 5.74. The molecule has 1 aliphatic heterocycles. The number of hydrogen-bond acceptors (Lipinski definition) is 4. The van der Waals surface area contributed by atoms with Gasteiger partial charge in [0, 0.05) is 45.4 Å². The second kappa shape index (κ2) is 9.07. The molecule has 0 saturated heterocycles. The lowest BCUT2D eigenvalue weighted by atomic mass is 9.96. The molecular formula is C23H27N5O2. The van der Waals surface area contributed by atoms with Crippen LogP contribution >= 0.6 is 0 Å². The Hall–Kier alpha value is -3.22. The Balaban J connectivity index is 1.35. The number of fused-ring (bicyclic) bond motifs is 1. The molecule has 4 rings (SSSR count). The summed E-state index contributed by atoms with van der Waals surface area (Å²) in [6, 6.07) is 13.8. The normalized spacial score (nSPS) is 16.0. The van der Waals surface area contributed by atoms with Crippen molar-refractivity contribution in [1.29, 1.82) is 0 Å². The molecule has 3 aromatic rings. The molecule has 0 bridgehead atoms. The van der Waals surface area contributed by atoms with Gasteiger partial charge in [-0.15, -0.1) is 0 Å². The fourth-order valence-corrected chi connectivity index (χ4v) is 4.00. The first-order chi connectivity index (χ1) is 14.6. The lowest BCUT2D eigenvalue weighted by Gasteiger charge is -2.20. The van der Waals surface area contributed by atoms with Gasteiger partial charge in [0.05, 0.1) is 6.54 Å². The van der Waals surface area contributed by atoms with Crippen molar-refractivity contribution in [3.05, 3.63) is 82.3 Å². The minimum atomic E-state index is -0.0815. The number of benzene rings is 1. The highest BCUT2D eigenvalue weighted by atomic mass is 16.2. The third-order valence-electron chi connectivity index (χ3n) is 5.74. The summed E-state index contributed by atoms with van der Waals surface area (Å²) in [5.74, 6) is 1.23. The summed E-state index contributed by atoms with van der Waals surface area (Å²) >= 11 is 0. The molecular weight excluding hydrogens is 378 g/mol. The molecule has 0 radical (unpaired) electrons. The van der Waals surface area contributed by atoms with E-state index in [1.165, 1.54) is 4.68 Å². The first kappa shape index (κ1) is 20.1. The highest BCUT2D eigenvalue weighted by molar-refractivity contribution is 5.76. The van der Waals surface area contributed by atoms with Crippen molar-refractivity contribution in [2.24, 2.45) is 5.92 Å². The second-order valence-corrected chi connectivity index (χ2v) is 8.00. The van der Waals surface area contributed by atoms with Gasteiger partial charge in [0.1, 0.15) is 5.82 Å². The Morgan fingerprint density at radius 1 is 1.13 bits per heavy atom. The Bertz CT molecular complexity index is 1040. The number of rotatable bonds is 6. The molecule has 0 aliphatic carbocycles. The molecule has 0 spiro atoms. The van der Waals surface area contributed by atoms with Crippen molar-refractivity contribution in [2.75, 3.05) is 7.05 Å². The van der Waals surface area contributed by atoms with E-state index in [4.69, 9.17) is 0 Å². The molecule has 0 saturated carbocycles. The Morgan fingerprint density at radius 3 is 2.70 bits per heavy atom. The number of carbonyl (C=O) groups is 1. The molecule has 2 aromatic heterocycles. The number of nitrogens with zero attached hydrogens (tertiary/aromatic N) is 5. The summed E-state index contributed by atoms with van der Waals surface area (Å²) in [5, 5.41) is 4.55. The van der Waals surface area contributed by atoms with E-state index in [-0.39, 0.29) is 17.5 Å². The fraction of sp³-hybridized carbons (Fsp3) is 0.391. The number of aromatic nitrogens is 4. The lowest BCUT2D eigenvalue weighted by molar-refractivity contribution is -0.131. The Labute approximate surface area is 176 Å². The first-order valence-corrected chi connectivity index (χ1v) is 10.4. The molecule has 0 fully saturated rings. The van der Waals surface area contributed by atoms with Crippen LogP contribution in [0.1, 0.15) is 36.2 Å². The number of amides is 1. The van der Waals surface area contributed by atoms with E-state index in [0.29, 0.717) is 26.1 Å². The molecule has 1 atom stereocenters. The van der Waals surface area contributed by atoms with E-state index in [1.807, 2.05) is 49.5 Å². The van der Waals surface area contributed by atoms with Crippen molar-refractivity contribution in [3.8, 4) is 0 Å². The highest BCUT2D eigenvalue weighted by Crippen LogP contribution is 2.22. The topological polar surface area (TPSA) is 73.0 Å². The van der Waals surface area contributed by atoms with Crippen LogP contribution in [0, 0.1) is 5.92 Å². The molecule has 30 heavy (non-hydrogen) atoms. The largest absolute Gasteiger partial charge is 0.346 e. The van der Waals surface area contributed by atoms with Gasteiger partial charge >= 0.3 is 5.69 Å². The van der Waals surface area contributed by atoms with E-state index in [0.717, 1.165) is 36.2 Å². The Kier molecular flexibility index (Phi) is 6.07. The second-order valence-electron chi connectivity index (χ2n) is 8.00. The molecule has 7 nitrogen and oxygen atoms in total. The van der Waals surface area contributed by atoms with Crippen molar-refractivity contribution in [3.63, 3.8) is 0 Å². The van der Waals surface area contributed by atoms with Crippen LogP contribution in [0.4, 0.5) is 0 Å². The molecule has 1 amide bonds. The number of hydrogen-bond donors (Lipinski definition) is 0. The van der Waals surface area contributed by atoms with Gasteiger partial charge in [0.25, 0.3) is 0 Å². The number of carbonyl (C=O) groups excluding carboxylic acids is 1. The zero-order chi connectivity index (χ0) is 20.9. The smallest absolute Gasteiger partial charge is 0.341 e. The van der Waals surface area contributed by atoms with E-state index in [2.05, 4.69) is 10.1 Å². The number of pyridine rings is 1. The maximum absolute atomic E-state index is 12.8. The van der Waals surface area contributed by atoms with E-state index in [1.54, 1.807) is 21.9 Å².